The van der Waals surface area contributed by atoms with E-state index in [0.717, 1.165) is 80.8 Å². The van der Waals surface area contributed by atoms with Crippen LogP contribution in [0.25, 0.3) is 0 Å². The number of nitrogens with one attached hydrogen (secondary N) is 1. The lowest BCUT2D eigenvalue weighted by atomic mass is 9.49. The summed E-state index contributed by atoms with van der Waals surface area (Å²) in [7, 11) is 1.71. The summed E-state index contributed by atoms with van der Waals surface area (Å²) in [5.41, 5.74) is 0.956. The highest BCUT2D eigenvalue weighted by atomic mass is 16.5. The highest BCUT2D eigenvalue weighted by molar-refractivity contribution is 5.91. The van der Waals surface area contributed by atoms with Crippen molar-refractivity contribution in [1.29, 1.82) is 0 Å². The van der Waals surface area contributed by atoms with E-state index in [4.69, 9.17) is 4.74 Å². The van der Waals surface area contributed by atoms with Crippen LogP contribution < -0.4 is 10.1 Å². The largest absolute Gasteiger partial charge is 0.496 e. The Hall–Kier alpha value is -2.08. The van der Waals surface area contributed by atoms with Gasteiger partial charge in [-0.05, 0) is 101 Å². The number of carbonyl (C=O) groups is 2. The van der Waals surface area contributed by atoms with Gasteiger partial charge in [-0.25, -0.2) is 0 Å². The number of hydrogen-bond acceptors (Lipinski definition) is 4. The fraction of sp³-hybridized carbons (Fsp3) is 0.724. The second kappa shape index (κ2) is 9.42. The number of likely N-dealkylation sites (tertiary alicyclic amines) is 2. The van der Waals surface area contributed by atoms with Gasteiger partial charge in [0.1, 0.15) is 11.8 Å². The van der Waals surface area contributed by atoms with Crippen LogP contribution in [-0.4, -0.2) is 60.9 Å². The minimum absolute atomic E-state index is 0.0275. The quantitative estimate of drug-likeness (QED) is 0.638. The van der Waals surface area contributed by atoms with Crippen molar-refractivity contribution < 1.29 is 14.3 Å². The van der Waals surface area contributed by atoms with Crippen LogP contribution in [0.1, 0.15) is 75.8 Å². The molecule has 2 heterocycles. The summed E-state index contributed by atoms with van der Waals surface area (Å²) in [6, 6.07) is 7.94. The molecule has 4 bridgehead atoms. The minimum atomic E-state index is -0.313. The van der Waals surface area contributed by atoms with Gasteiger partial charge in [-0.3, -0.25) is 14.5 Å². The average molecular weight is 480 g/mol. The molecular weight excluding hydrogens is 438 g/mol. The van der Waals surface area contributed by atoms with Gasteiger partial charge in [0.05, 0.1) is 18.6 Å². The molecule has 1 aromatic carbocycles. The zero-order chi connectivity index (χ0) is 24.0. The van der Waals surface area contributed by atoms with Gasteiger partial charge >= 0.3 is 0 Å². The van der Waals surface area contributed by atoms with Crippen LogP contribution in [0.5, 0.6) is 5.75 Å². The third-order valence-corrected chi connectivity index (χ3v) is 9.86. The van der Waals surface area contributed by atoms with Crippen LogP contribution >= 0.6 is 0 Å². The van der Waals surface area contributed by atoms with Crippen LogP contribution in [-0.2, 0) is 9.59 Å². The number of carbonyl (C=O) groups excluding carboxylic acids is 2. The summed E-state index contributed by atoms with van der Waals surface area (Å²) in [5.74, 6) is 3.42. The normalized spacial score (nSPS) is 34.8. The van der Waals surface area contributed by atoms with Crippen molar-refractivity contribution in [2.75, 3.05) is 33.3 Å². The monoisotopic (exact) mass is 479 g/mol. The van der Waals surface area contributed by atoms with Crippen molar-refractivity contribution in [3.05, 3.63) is 29.8 Å². The molecule has 0 unspecified atom stereocenters. The predicted molar refractivity (Wildman–Crippen MR) is 135 cm³/mol. The first-order valence-electron chi connectivity index (χ1n) is 14.0. The van der Waals surface area contributed by atoms with E-state index in [1.54, 1.807) is 7.11 Å². The molecule has 2 amide bonds. The van der Waals surface area contributed by atoms with Crippen molar-refractivity contribution in [2.24, 2.45) is 23.2 Å². The van der Waals surface area contributed by atoms with Crippen molar-refractivity contribution in [3.8, 4) is 5.75 Å². The number of nitrogens with zero attached hydrogens (tertiary/aromatic N) is 2. The third kappa shape index (κ3) is 4.26. The molecule has 6 nitrogen and oxygen atoms in total. The Labute approximate surface area is 209 Å². The molecule has 0 spiro atoms. The number of para-hydroxylation sites is 1. The molecule has 1 N–H and O–H groups in total. The van der Waals surface area contributed by atoms with E-state index in [9.17, 15) is 9.59 Å². The van der Waals surface area contributed by atoms with Crippen LogP contribution in [0.15, 0.2) is 24.3 Å². The molecule has 2 aliphatic heterocycles. The van der Waals surface area contributed by atoms with E-state index in [2.05, 4.69) is 16.3 Å². The molecule has 6 aliphatic rings. The van der Waals surface area contributed by atoms with E-state index in [-0.39, 0.29) is 23.4 Å². The minimum Gasteiger partial charge on any atom is -0.496 e. The van der Waals surface area contributed by atoms with E-state index >= 15 is 0 Å². The van der Waals surface area contributed by atoms with Gasteiger partial charge in [0.2, 0.25) is 11.8 Å². The standard InChI is InChI=1S/C29H41N3O3/c1-35-26-9-3-2-7-23(26)25(31-10-4-5-11-31)19-30-27(33)24-8-6-12-32(24)28(34)29-16-20-13-21(17-29)15-22(14-20)18-29/h2-3,7,9,20-22,24-25H,4-6,8,10-19H2,1H3,(H,30,33)/t20?,21?,22?,24-,25-,29?/m1/s1. The Bertz CT molecular complexity index is 921. The predicted octanol–water partition coefficient (Wildman–Crippen LogP) is 4.16. The molecule has 6 heteroatoms. The molecule has 7 rings (SSSR count). The Kier molecular flexibility index (Phi) is 6.28. The van der Waals surface area contributed by atoms with Crippen molar-refractivity contribution >= 4 is 11.8 Å². The second-order valence-electron chi connectivity index (χ2n) is 12.1. The molecule has 2 saturated heterocycles. The molecule has 0 radical (unpaired) electrons. The topological polar surface area (TPSA) is 61.9 Å². The summed E-state index contributed by atoms with van der Waals surface area (Å²) < 4.78 is 5.67. The maximum atomic E-state index is 14.0. The van der Waals surface area contributed by atoms with Crippen molar-refractivity contribution in [2.45, 2.75) is 76.3 Å². The fourth-order valence-corrected chi connectivity index (χ4v) is 8.71. The van der Waals surface area contributed by atoms with Gasteiger partial charge in [-0.15, -0.1) is 0 Å². The fourth-order valence-electron chi connectivity index (χ4n) is 8.71. The Morgan fingerprint density at radius 3 is 2.31 bits per heavy atom. The van der Waals surface area contributed by atoms with Crippen LogP contribution in [0.3, 0.4) is 0 Å². The van der Waals surface area contributed by atoms with Gasteiger partial charge in [-0.2, -0.15) is 0 Å². The molecule has 6 fully saturated rings. The van der Waals surface area contributed by atoms with Crippen LogP contribution in [0.4, 0.5) is 0 Å². The van der Waals surface area contributed by atoms with Gasteiger partial charge in [0.15, 0.2) is 0 Å². The highest BCUT2D eigenvalue weighted by Gasteiger charge is 2.56. The summed E-state index contributed by atoms with van der Waals surface area (Å²) >= 11 is 0. The Morgan fingerprint density at radius 1 is 1.00 bits per heavy atom. The lowest BCUT2D eigenvalue weighted by molar-refractivity contribution is -0.160. The van der Waals surface area contributed by atoms with Gasteiger partial charge in [0.25, 0.3) is 0 Å². The molecular formula is C29H41N3O3. The molecule has 2 atom stereocenters. The highest BCUT2D eigenvalue weighted by Crippen LogP contribution is 2.60. The lowest BCUT2D eigenvalue weighted by Gasteiger charge is -2.56. The molecule has 35 heavy (non-hydrogen) atoms. The average Bonchev–Trinajstić information content (AvgIpc) is 3.56. The van der Waals surface area contributed by atoms with E-state index in [0.29, 0.717) is 12.5 Å². The first-order valence-corrected chi connectivity index (χ1v) is 14.0. The summed E-state index contributed by atoms with van der Waals surface area (Å²) in [6.07, 6.45) is 11.3. The second-order valence-corrected chi connectivity index (χ2v) is 12.1. The third-order valence-electron chi connectivity index (χ3n) is 9.86. The summed E-state index contributed by atoms with van der Waals surface area (Å²) in [4.78, 5) is 32.0. The van der Waals surface area contributed by atoms with E-state index in [1.165, 1.54) is 32.1 Å². The number of rotatable bonds is 7. The summed E-state index contributed by atoms with van der Waals surface area (Å²) in [5, 5.41) is 3.28. The van der Waals surface area contributed by atoms with Crippen LogP contribution in [0.2, 0.25) is 0 Å². The Balaban J connectivity index is 1.16. The van der Waals surface area contributed by atoms with E-state index < -0.39 is 0 Å². The smallest absolute Gasteiger partial charge is 0.242 e. The first-order chi connectivity index (χ1) is 17.1. The summed E-state index contributed by atoms with van der Waals surface area (Å²) in [6.45, 7) is 3.37. The van der Waals surface area contributed by atoms with Gasteiger partial charge in [-0.1, -0.05) is 18.2 Å². The number of ether oxygens (including phenoxy) is 1. The number of amides is 2. The zero-order valence-electron chi connectivity index (χ0n) is 21.2. The lowest BCUT2D eigenvalue weighted by Crippen LogP contribution is -2.57. The van der Waals surface area contributed by atoms with Crippen molar-refractivity contribution in [1.82, 2.24) is 15.1 Å². The molecule has 190 valence electrons. The maximum absolute atomic E-state index is 14.0. The molecule has 4 saturated carbocycles. The van der Waals surface area contributed by atoms with Gasteiger partial charge < -0.3 is 15.0 Å². The first kappa shape index (κ1) is 23.3. The number of hydrogen-bond donors (Lipinski definition) is 1. The van der Waals surface area contributed by atoms with Crippen LogP contribution in [0, 0.1) is 23.2 Å². The Morgan fingerprint density at radius 2 is 1.66 bits per heavy atom. The number of benzene rings is 1. The SMILES string of the molecule is COc1ccccc1[C@@H](CNC(=O)[C@H]1CCCN1C(=O)C12CC3CC(CC(C3)C1)C2)N1CCCC1. The number of methoxy groups -OCH3 is 1. The van der Waals surface area contributed by atoms with Gasteiger partial charge in [0, 0.05) is 18.7 Å². The van der Waals surface area contributed by atoms with E-state index in [1.807, 2.05) is 23.1 Å². The zero-order valence-corrected chi connectivity index (χ0v) is 21.2. The molecule has 0 aromatic heterocycles. The molecule has 1 aromatic rings. The molecule has 4 aliphatic carbocycles. The van der Waals surface area contributed by atoms with Crippen molar-refractivity contribution in [3.63, 3.8) is 0 Å². The maximum Gasteiger partial charge on any atom is 0.242 e.